The molecule has 0 spiro atoms. The number of carbonyl (C=O) groups excluding carboxylic acids is 1. The van der Waals surface area contributed by atoms with E-state index in [1.54, 1.807) is 0 Å². The number of nitrogens with zero attached hydrogens (tertiary/aromatic N) is 1. The molecule has 3 N–H and O–H groups in total. The predicted octanol–water partition coefficient (Wildman–Crippen LogP) is -0.143. The molecular formula is C7H19Cl2N3O. The largest absolute Gasteiger partial charge is 0.355 e. The lowest BCUT2D eigenvalue weighted by Gasteiger charge is -2.08. The van der Waals surface area contributed by atoms with Crippen molar-refractivity contribution >= 4 is 30.7 Å². The highest BCUT2D eigenvalue weighted by atomic mass is 35.5. The summed E-state index contributed by atoms with van der Waals surface area (Å²) >= 11 is 0. The first-order chi connectivity index (χ1) is 5.16. The third kappa shape index (κ3) is 14.8. The Morgan fingerprint density at radius 2 is 1.92 bits per heavy atom. The van der Waals surface area contributed by atoms with E-state index in [9.17, 15) is 4.79 Å². The molecule has 0 radical (unpaired) electrons. The predicted molar refractivity (Wildman–Crippen MR) is 59.7 cm³/mol. The summed E-state index contributed by atoms with van der Waals surface area (Å²) in [5.41, 5.74) is 5.09. The molecule has 0 aliphatic carbocycles. The van der Waals surface area contributed by atoms with E-state index in [1.165, 1.54) is 0 Å². The van der Waals surface area contributed by atoms with Gasteiger partial charge in [0.05, 0.1) is 6.54 Å². The van der Waals surface area contributed by atoms with Gasteiger partial charge in [-0.2, -0.15) is 0 Å². The van der Waals surface area contributed by atoms with Crippen molar-refractivity contribution in [1.29, 1.82) is 0 Å². The molecule has 82 valence electrons. The fraction of sp³-hybridized carbons (Fsp3) is 0.857. The Bertz CT molecular complexity index is 122. The summed E-state index contributed by atoms with van der Waals surface area (Å²) in [4.78, 5) is 12.7. The van der Waals surface area contributed by atoms with Crippen molar-refractivity contribution < 1.29 is 4.79 Å². The third-order valence-electron chi connectivity index (χ3n) is 1.29. The molecule has 0 saturated heterocycles. The van der Waals surface area contributed by atoms with E-state index in [1.807, 2.05) is 14.1 Å². The van der Waals surface area contributed by atoms with E-state index < -0.39 is 0 Å². The van der Waals surface area contributed by atoms with Gasteiger partial charge in [-0.3, -0.25) is 4.79 Å². The normalized spacial score (nSPS) is 8.62. The molecule has 0 fully saturated rings. The van der Waals surface area contributed by atoms with Gasteiger partial charge in [0.2, 0.25) is 5.91 Å². The third-order valence-corrected chi connectivity index (χ3v) is 1.29. The SMILES string of the molecule is CN(C)CCCNC(=O)CN.Cl.Cl. The van der Waals surface area contributed by atoms with Crippen LogP contribution in [0, 0.1) is 0 Å². The number of nitrogens with two attached hydrogens (primary N) is 1. The van der Waals surface area contributed by atoms with Crippen LogP contribution in [0.25, 0.3) is 0 Å². The molecule has 13 heavy (non-hydrogen) atoms. The first-order valence-corrected chi connectivity index (χ1v) is 3.78. The van der Waals surface area contributed by atoms with Crippen LogP contribution in [0.3, 0.4) is 0 Å². The van der Waals surface area contributed by atoms with Gasteiger partial charge in [0, 0.05) is 6.54 Å². The molecule has 1 amide bonds. The number of hydrogen-bond donors (Lipinski definition) is 2. The Morgan fingerprint density at radius 3 is 2.31 bits per heavy atom. The monoisotopic (exact) mass is 231 g/mol. The van der Waals surface area contributed by atoms with E-state index in [0.717, 1.165) is 13.0 Å². The zero-order chi connectivity index (χ0) is 8.69. The van der Waals surface area contributed by atoms with Crippen molar-refractivity contribution in [1.82, 2.24) is 10.2 Å². The summed E-state index contributed by atoms with van der Waals surface area (Å²) in [6.07, 6.45) is 0.971. The first kappa shape index (κ1) is 18.7. The molecule has 0 unspecified atom stereocenters. The van der Waals surface area contributed by atoms with E-state index in [-0.39, 0.29) is 37.3 Å². The van der Waals surface area contributed by atoms with Gasteiger partial charge in [-0.1, -0.05) is 0 Å². The van der Waals surface area contributed by atoms with Gasteiger partial charge in [0.1, 0.15) is 0 Å². The first-order valence-electron chi connectivity index (χ1n) is 3.78. The lowest BCUT2D eigenvalue weighted by Crippen LogP contribution is -2.32. The van der Waals surface area contributed by atoms with Gasteiger partial charge in [0.25, 0.3) is 0 Å². The summed E-state index contributed by atoms with van der Waals surface area (Å²) in [6, 6.07) is 0. The Balaban J connectivity index is -0.000000500. The smallest absolute Gasteiger partial charge is 0.233 e. The fourth-order valence-corrected chi connectivity index (χ4v) is 0.695. The molecule has 0 atom stereocenters. The minimum absolute atomic E-state index is 0. The van der Waals surface area contributed by atoms with Crippen molar-refractivity contribution in [2.24, 2.45) is 5.73 Å². The number of hydrogen-bond acceptors (Lipinski definition) is 3. The maximum absolute atomic E-state index is 10.6. The van der Waals surface area contributed by atoms with Crippen molar-refractivity contribution in [3.63, 3.8) is 0 Å². The molecule has 0 heterocycles. The molecule has 0 rings (SSSR count). The topological polar surface area (TPSA) is 58.4 Å². The number of nitrogens with one attached hydrogen (secondary N) is 1. The van der Waals surface area contributed by atoms with E-state index in [0.29, 0.717) is 6.54 Å². The van der Waals surface area contributed by atoms with Crippen LogP contribution in [-0.4, -0.2) is 44.5 Å². The van der Waals surface area contributed by atoms with Gasteiger partial charge in [0.15, 0.2) is 0 Å². The van der Waals surface area contributed by atoms with Crippen molar-refractivity contribution in [3.05, 3.63) is 0 Å². The number of rotatable bonds is 5. The second-order valence-corrected chi connectivity index (χ2v) is 2.71. The van der Waals surface area contributed by atoms with Crippen LogP contribution in [0.5, 0.6) is 0 Å². The zero-order valence-electron chi connectivity index (χ0n) is 8.08. The van der Waals surface area contributed by atoms with E-state index in [2.05, 4.69) is 10.2 Å². The Morgan fingerprint density at radius 1 is 1.38 bits per heavy atom. The van der Waals surface area contributed by atoms with Gasteiger partial charge in [-0.05, 0) is 27.1 Å². The van der Waals surface area contributed by atoms with Gasteiger partial charge >= 0.3 is 0 Å². The van der Waals surface area contributed by atoms with Crippen LogP contribution in [0.2, 0.25) is 0 Å². The van der Waals surface area contributed by atoms with Gasteiger partial charge in [-0.25, -0.2) is 0 Å². The number of amides is 1. The second kappa shape index (κ2) is 12.0. The zero-order valence-corrected chi connectivity index (χ0v) is 9.71. The summed E-state index contributed by atoms with van der Waals surface area (Å²) in [5, 5.41) is 2.70. The van der Waals surface area contributed by atoms with Crippen molar-refractivity contribution in [2.45, 2.75) is 6.42 Å². The summed E-state index contributed by atoms with van der Waals surface area (Å²) in [7, 11) is 4.01. The molecule has 4 nitrogen and oxygen atoms in total. The number of carbonyl (C=O) groups is 1. The summed E-state index contributed by atoms with van der Waals surface area (Å²) in [6.45, 7) is 1.79. The standard InChI is InChI=1S/C7H17N3O.2ClH/c1-10(2)5-3-4-9-7(11)6-8;;/h3-6,8H2,1-2H3,(H,9,11);2*1H. The van der Waals surface area contributed by atoms with E-state index >= 15 is 0 Å². The second-order valence-electron chi connectivity index (χ2n) is 2.71. The fourth-order valence-electron chi connectivity index (χ4n) is 0.695. The molecule has 0 aromatic heterocycles. The molecular weight excluding hydrogens is 213 g/mol. The minimum atomic E-state index is -0.0799. The lowest BCUT2D eigenvalue weighted by molar-refractivity contribution is -0.119. The lowest BCUT2D eigenvalue weighted by atomic mass is 10.4. The minimum Gasteiger partial charge on any atom is -0.355 e. The highest BCUT2D eigenvalue weighted by Crippen LogP contribution is 1.79. The summed E-state index contributed by atoms with van der Waals surface area (Å²) < 4.78 is 0. The highest BCUT2D eigenvalue weighted by Gasteiger charge is 1.95. The van der Waals surface area contributed by atoms with E-state index in [4.69, 9.17) is 5.73 Å². The molecule has 0 aromatic rings. The van der Waals surface area contributed by atoms with Crippen LogP contribution in [0.4, 0.5) is 0 Å². The van der Waals surface area contributed by atoms with Crippen LogP contribution in [-0.2, 0) is 4.79 Å². The molecule has 0 aliphatic heterocycles. The maximum Gasteiger partial charge on any atom is 0.233 e. The van der Waals surface area contributed by atoms with Crippen LogP contribution in [0.1, 0.15) is 6.42 Å². The van der Waals surface area contributed by atoms with Crippen LogP contribution in [0.15, 0.2) is 0 Å². The molecule has 6 heteroatoms. The van der Waals surface area contributed by atoms with Crippen LogP contribution >= 0.6 is 24.8 Å². The van der Waals surface area contributed by atoms with Crippen LogP contribution < -0.4 is 11.1 Å². The van der Waals surface area contributed by atoms with Crippen molar-refractivity contribution in [2.75, 3.05) is 33.7 Å². The van der Waals surface area contributed by atoms with Gasteiger partial charge in [-0.15, -0.1) is 24.8 Å². The maximum atomic E-state index is 10.6. The quantitative estimate of drug-likeness (QED) is 0.648. The molecule has 0 bridgehead atoms. The summed E-state index contributed by atoms with van der Waals surface area (Å²) in [5.74, 6) is -0.0799. The molecule has 0 aliphatic rings. The Hall–Kier alpha value is -0.0300. The highest BCUT2D eigenvalue weighted by molar-refractivity contribution is 5.85. The van der Waals surface area contributed by atoms with Gasteiger partial charge < -0.3 is 16.0 Å². The molecule has 0 aromatic carbocycles. The average molecular weight is 232 g/mol. The Labute approximate surface area is 92.0 Å². The van der Waals surface area contributed by atoms with Crippen molar-refractivity contribution in [3.8, 4) is 0 Å². The Kier molecular flexibility index (Phi) is 17.2. The molecule has 0 saturated carbocycles. The number of halogens is 2. The average Bonchev–Trinajstić information content (AvgIpc) is 1.97.